The van der Waals surface area contributed by atoms with Gasteiger partial charge in [-0.2, -0.15) is 0 Å². The number of carbonyl (C=O) groups excluding carboxylic acids is 1. The molecule has 1 aliphatic rings. The summed E-state index contributed by atoms with van der Waals surface area (Å²) in [6, 6.07) is 7.38. The molecule has 1 atom stereocenters. The fourth-order valence-electron chi connectivity index (χ4n) is 1.95. The maximum atomic E-state index is 12.2. The van der Waals surface area contributed by atoms with E-state index >= 15 is 0 Å². The fourth-order valence-corrected chi connectivity index (χ4v) is 2.14. The monoisotopic (exact) mass is 269 g/mol. The lowest BCUT2D eigenvalue weighted by atomic mass is 9.92. The van der Waals surface area contributed by atoms with Crippen LogP contribution in [-0.2, 0) is 20.9 Å². The van der Waals surface area contributed by atoms with Crippen LogP contribution in [0.1, 0.15) is 19.4 Å². The summed E-state index contributed by atoms with van der Waals surface area (Å²) in [6.07, 6.45) is -0.563. The Morgan fingerprint density at radius 1 is 1.44 bits per heavy atom. The van der Waals surface area contributed by atoms with Crippen LogP contribution >= 0.6 is 11.6 Å². The molecule has 1 unspecified atom stereocenters. The lowest BCUT2D eigenvalue weighted by Gasteiger charge is -2.18. The van der Waals surface area contributed by atoms with Gasteiger partial charge in [-0.3, -0.25) is 4.79 Å². The van der Waals surface area contributed by atoms with Crippen LogP contribution in [0.2, 0.25) is 5.02 Å². The maximum Gasteiger partial charge on any atom is 0.257 e. The van der Waals surface area contributed by atoms with E-state index in [-0.39, 0.29) is 5.91 Å². The van der Waals surface area contributed by atoms with Crippen LogP contribution in [0.4, 0.5) is 0 Å². The molecule has 1 amide bonds. The number of hydroxylamine groups is 2. The molecule has 1 aromatic rings. The van der Waals surface area contributed by atoms with Crippen molar-refractivity contribution in [2.24, 2.45) is 5.41 Å². The summed E-state index contributed by atoms with van der Waals surface area (Å²) in [5, 5.41) is 1.93. The minimum atomic E-state index is -0.685. The molecule has 5 heteroatoms. The van der Waals surface area contributed by atoms with Gasteiger partial charge in [0.25, 0.3) is 5.91 Å². The maximum absolute atomic E-state index is 12.2. The first-order valence-electron chi connectivity index (χ1n) is 5.71. The summed E-state index contributed by atoms with van der Waals surface area (Å²) in [4.78, 5) is 17.7. The van der Waals surface area contributed by atoms with Crippen molar-refractivity contribution in [1.29, 1.82) is 0 Å². The standard InChI is InChI=1S/C13H16ClNO3/c1-13(2)11(16)15(18-12(13)17-3)8-9-6-4-5-7-10(9)14/h4-7,12H,8H2,1-3H3. The van der Waals surface area contributed by atoms with Crippen LogP contribution in [0.15, 0.2) is 24.3 Å². The summed E-state index contributed by atoms with van der Waals surface area (Å²) in [7, 11) is 1.53. The Labute approximate surface area is 111 Å². The average molecular weight is 270 g/mol. The van der Waals surface area contributed by atoms with Gasteiger partial charge in [0.1, 0.15) is 0 Å². The zero-order valence-electron chi connectivity index (χ0n) is 10.6. The second kappa shape index (κ2) is 4.88. The highest BCUT2D eigenvalue weighted by Crippen LogP contribution is 2.35. The number of ether oxygens (including phenoxy) is 1. The van der Waals surface area contributed by atoms with Gasteiger partial charge < -0.3 is 4.74 Å². The summed E-state index contributed by atoms with van der Waals surface area (Å²) in [6.45, 7) is 3.92. The summed E-state index contributed by atoms with van der Waals surface area (Å²) < 4.78 is 5.18. The number of benzene rings is 1. The van der Waals surface area contributed by atoms with E-state index in [1.165, 1.54) is 12.2 Å². The molecule has 0 spiro atoms. The van der Waals surface area contributed by atoms with Crippen molar-refractivity contribution in [3.8, 4) is 0 Å². The number of nitrogens with zero attached hydrogens (tertiary/aromatic N) is 1. The topological polar surface area (TPSA) is 38.8 Å². The van der Waals surface area contributed by atoms with E-state index in [1.54, 1.807) is 19.9 Å². The zero-order valence-corrected chi connectivity index (χ0v) is 11.4. The number of amides is 1. The minimum absolute atomic E-state index is 0.103. The lowest BCUT2D eigenvalue weighted by Crippen LogP contribution is -2.33. The Hall–Kier alpha value is -1.10. The first-order chi connectivity index (χ1) is 8.46. The van der Waals surface area contributed by atoms with Gasteiger partial charge in [-0.1, -0.05) is 29.8 Å². The number of halogens is 1. The van der Waals surface area contributed by atoms with Gasteiger partial charge in [-0.25, -0.2) is 9.90 Å². The molecule has 1 fully saturated rings. The van der Waals surface area contributed by atoms with Gasteiger partial charge >= 0.3 is 0 Å². The third kappa shape index (κ3) is 2.23. The summed E-state index contributed by atoms with van der Waals surface area (Å²) in [5.41, 5.74) is 0.163. The smallest absolute Gasteiger partial charge is 0.257 e. The Balaban J connectivity index is 2.17. The van der Waals surface area contributed by atoms with Crippen molar-refractivity contribution < 1.29 is 14.4 Å². The second-order valence-electron chi connectivity index (χ2n) is 4.83. The number of hydrogen-bond acceptors (Lipinski definition) is 3. The van der Waals surface area contributed by atoms with Crippen molar-refractivity contribution in [3.05, 3.63) is 34.9 Å². The molecule has 0 bridgehead atoms. The number of rotatable bonds is 3. The van der Waals surface area contributed by atoms with Gasteiger partial charge in [0.05, 0.1) is 12.0 Å². The van der Waals surface area contributed by atoms with Gasteiger partial charge in [0.2, 0.25) is 0 Å². The normalized spacial score (nSPS) is 22.6. The van der Waals surface area contributed by atoms with Crippen LogP contribution in [0.25, 0.3) is 0 Å². The third-order valence-corrected chi connectivity index (χ3v) is 3.44. The van der Waals surface area contributed by atoms with E-state index < -0.39 is 11.7 Å². The van der Waals surface area contributed by atoms with Crippen molar-refractivity contribution in [2.75, 3.05) is 7.11 Å². The molecular weight excluding hydrogens is 254 g/mol. The molecule has 1 heterocycles. The summed E-state index contributed by atoms with van der Waals surface area (Å²) in [5.74, 6) is -0.103. The van der Waals surface area contributed by atoms with E-state index in [0.29, 0.717) is 11.6 Å². The van der Waals surface area contributed by atoms with Crippen molar-refractivity contribution in [1.82, 2.24) is 5.06 Å². The van der Waals surface area contributed by atoms with Crippen LogP contribution in [0, 0.1) is 5.41 Å². The number of carbonyl (C=O) groups is 1. The predicted molar refractivity (Wildman–Crippen MR) is 67.7 cm³/mol. The van der Waals surface area contributed by atoms with E-state index in [9.17, 15) is 4.79 Å². The lowest BCUT2D eigenvalue weighted by molar-refractivity contribution is -0.238. The van der Waals surface area contributed by atoms with Gasteiger partial charge in [0.15, 0.2) is 6.29 Å². The van der Waals surface area contributed by atoms with E-state index in [4.69, 9.17) is 21.2 Å². The number of methoxy groups -OCH3 is 1. The molecule has 0 aliphatic carbocycles. The Bertz CT molecular complexity index is 461. The fraction of sp³-hybridized carbons (Fsp3) is 0.462. The largest absolute Gasteiger partial charge is 0.353 e. The molecule has 0 radical (unpaired) electrons. The first kappa shape index (κ1) is 13.3. The van der Waals surface area contributed by atoms with Crippen LogP contribution < -0.4 is 0 Å². The second-order valence-corrected chi connectivity index (χ2v) is 5.24. The van der Waals surface area contributed by atoms with Gasteiger partial charge in [-0.05, 0) is 25.5 Å². The Morgan fingerprint density at radius 3 is 2.67 bits per heavy atom. The van der Waals surface area contributed by atoms with E-state index in [1.807, 2.05) is 18.2 Å². The molecule has 4 nitrogen and oxygen atoms in total. The number of hydrogen-bond donors (Lipinski definition) is 0. The Morgan fingerprint density at radius 2 is 2.11 bits per heavy atom. The van der Waals surface area contributed by atoms with E-state index in [2.05, 4.69) is 0 Å². The molecule has 98 valence electrons. The molecule has 0 saturated carbocycles. The summed E-state index contributed by atoms with van der Waals surface area (Å²) >= 11 is 6.07. The predicted octanol–water partition coefficient (Wildman–Crippen LogP) is 2.61. The molecule has 0 N–H and O–H groups in total. The molecule has 1 saturated heterocycles. The van der Waals surface area contributed by atoms with Gasteiger partial charge in [-0.15, -0.1) is 0 Å². The highest BCUT2D eigenvalue weighted by atomic mass is 35.5. The van der Waals surface area contributed by atoms with E-state index in [0.717, 1.165) is 5.56 Å². The molecule has 1 aliphatic heterocycles. The average Bonchev–Trinajstić information content (AvgIpc) is 2.55. The van der Waals surface area contributed by atoms with Crippen molar-refractivity contribution >= 4 is 17.5 Å². The first-order valence-corrected chi connectivity index (χ1v) is 6.09. The molecule has 18 heavy (non-hydrogen) atoms. The molecule has 0 aromatic heterocycles. The highest BCUT2D eigenvalue weighted by Gasteiger charge is 2.49. The van der Waals surface area contributed by atoms with Crippen molar-refractivity contribution in [3.63, 3.8) is 0 Å². The molecule has 1 aromatic carbocycles. The SMILES string of the molecule is COC1ON(Cc2ccccc2Cl)C(=O)C1(C)C. The highest BCUT2D eigenvalue weighted by molar-refractivity contribution is 6.31. The molecule has 2 rings (SSSR count). The Kier molecular flexibility index (Phi) is 3.61. The van der Waals surface area contributed by atoms with Gasteiger partial charge in [0, 0.05) is 12.1 Å². The quantitative estimate of drug-likeness (QED) is 0.847. The van der Waals surface area contributed by atoms with Crippen LogP contribution in [-0.4, -0.2) is 24.4 Å². The molecular formula is C13H16ClNO3. The zero-order chi connectivity index (χ0) is 13.3. The van der Waals surface area contributed by atoms with Crippen LogP contribution in [0.5, 0.6) is 0 Å². The van der Waals surface area contributed by atoms with Crippen molar-refractivity contribution in [2.45, 2.75) is 26.7 Å². The minimum Gasteiger partial charge on any atom is -0.353 e. The van der Waals surface area contributed by atoms with Crippen LogP contribution in [0.3, 0.4) is 0 Å². The third-order valence-electron chi connectivity index (χ3n) is 3.08.